The fraction of sp³-hybridized carbons (Fsp3) is 0.474. The van der Waals surface area contributed by atoms with E-state index >= 15 is 0 Å². The molecule has 23 heavy (non-hydrogen) atoms. The summed E-state index contributed by atoms with van der Waals surface area (Å²) in [5.41, 5.74) is 1.72. The van der Waals surface area contributed by atoms with Crippen molar-refractivity contribution in [1.29, 1.82) is 0 Å². The first kappa shape index (κ1) is 15.8. The number of benzene rings is 1. The van der Waals surface area contributed by atoms with Crippen LogP contribution >= 0.6 is 0 Å². The molecule has 0 aliphatic carbocycles. The molecule has 1 aromatic rings. The second-order valence-electron chi connectivity index (χ2n) is 6.79. The molecule has 2 unspecified atom stereocenters. The smallest absolute Gasteiger partial charge is 0.254 e. The Morgan fingerprint density at radius 2 is 1.83 bits per heavy atom. The lowest BCUT2D eigenvalue weighted by Gasteiger charge is -2.38. The van der Waals surface area contributed by atoms with Crippen LogP contribution in [0.25, 0.3) is 0 Å². The maximum absolute atomic E-state index is 12.8. The third kappa shape index (κ3) is 3.31. The second-order valence-corrected chi connectivity index (χ2v) is 6.79. The molecule has 2 saturated heterocycles. The van der Waals surface area contributed by atoms with Crippen LogP contribution < -0.4 is 5.32 Å². The lowest BCUT2D eigenvalue weighted by Crippen LogP contribution is -2.46. The summed E-state index contributed by atoms with van der Waals surface area (Å²) in [5, 5.41) is 2.74. The zero-order valence-corrected chi connectivity index (χ0v) is 13.6. The summed E-state index contributed by atoms with van der Waals surface area (Å²) in [6, 6.07) is 8.39. The molecule has 0 spiro atoms. The summed E-state index contributed by atoms with van der Waals surface area (Å²) >= 11 is 0. The Labute approximate surface area is 137 Å². The number of fused-ring (bicyclic) bond motifs is 2. The van der Waals surface area contributed by atoms with Crippen LogP contribution in [0.5, 0.6) is 0 Å². The number of nitrogens with one attached hydrogen (secondary N) is 1. The second kappa shape index (κ2) is 6.57. The third-order valence-electron chi connectivity index (χ3n) is 5.06. The third-order valence-corrected chi connectivity index (χ3v) is 5.06. The molecule has 2 fully saturated rings. The molecule has 2 heterocycles. The minimum atomic E-state index is -0.191. The van der Waals surface area contributed by atoms with Crippen LogP contribution in [0.4, 0.5) is 0 Å². The van der Waals surface area contributed by atoms with E-state index in [0.29, 0.717) is 18.6 Å². The summed E-state index contributed by atoms with van der Waals surface area (Å²) in [6.07, 6.45) is 5.81. The molecule has 0 saturated carbocycles. The highest BCUT2D eigenvalue weighted by atomic mass is 16.2. The molecule has 0 aromatic heterocycles. The van der Waals surface area contributed by atoms with E-state index in [-0.39, 0.29) is 11.8 Å². The van der Waals surface area contributed by atoms with E-state index in [9.17, 15) is 9.59 Å². The zero-order chi connectivity index (χ0) is 16.4. The summed E-state index contributed by atoms with van der Waals surface area (Å²) < 4.78 is 0. The Hall–Kier alpha value is -2.10. The summed E-state index contributed by atoms with van der Waals surface area (Å²) in [6.45, 7) is 6.17. The molecule has 1 aromatic carbocycles. The number of hydrogen-bond acceptors (Lipinski definition) is 2. The van der Waals surface area contributed by atoms with Crippen molar-refractivity contribution in [1.82, 2.24) is 10.2 Å². The predicted octanol–water partition coefficient (Wildman–Crippen LogP) is 2.89. The number of hydrogen-bond donors (Lipinski definition) is 1. The Morgan fingerprint density at radius 3 is 2.39 bits per heavy atom. The average Bonchev–Trinajstić information content (AvgIpc) is 2.84. The van der Waals surface area contributed by atoms with Crippen molar-refractivity contribution in [2.45, 2.75) is 51.2 Å². The monoisotopic (exact) mass is 312 g/mol. The van der Waals surface area contributed by atoms with Crippen molar-refractivity contribution >= 4 is 11.8 Å². The van der Waals surface area contributed by atoms with Gasteiger partial charge in [0.1, 0.15) is 0 Å². The Bertz CT molecular complexity index is 594. The molecule has 4 nitrogen and oxygen atoms in total. The number of carbonyl (C=O) groups excluding carboxylic acids is 2. The molecule has 122 valence electrons. The van der Waals surface area contributed by atoms with Gasteiger partial charge in [-0.3, -0.25) is 9.59 Å². The zero-order valence-electron chi connectivity index (χ0n) is 13.6. The normalized spacial score (nSPS) is 26.0. The molecule has 2 aliphatic rings. The maximum Gasteiger partial charge on any atom is 0.254 e. The number of amides is 2. The standard InChI is InChI=1S/C19H24N2O2/c1-3-18(22)20-12-14-4-6-15(7-5-14)19(23)21-16-8-9-17(21)11-13(2)10-16/h3-7,13,16-17H,1,8-12H2,2H3,(H,20,22). The Balaban J connectivity index is 1.66. The van der Waals surface area contributed by atoms with E-state index in [0.717, 1.165) is 42.7 Å². The quantitative estimate of drug-likeness (QED) is 0.869. The molecule has 3 rings (SSSR count). The molecular weight excluding hydrogens is 288 g/mol. The van der Waals surface area contributed by atoms with Gasteiger partial charge in [0.15, 0.2) is 0 Å². The number of nitrogens with zero attached hydrogens (tertiary/aromatic N) is 1. The SMILES string of the molecule is C=CC(=O)NCc1ccc(C(=O)N2C3CCC2CC(C)C3)cc1. The van der Waals surface area contributed by atoms with Crippen LogP contribution in [0, 0.1) is 5.92 Å². The molecule has 2 bridgehead atoms. The molecule has 1 N–H and O–H groups in total. The first-order valence-corrected chi connectivity index (χ1v) is 8.40. The first-order chi connectivity index (χ1) is 11.1. The number of rotatable bonds is 4. The van der Waals surface area contributed by atoms with Crippen LogP contribution in [0.3, 0.4) is 0 Å². The minimum Gasteiger partial charge on any atom is -0.348 e. The van der Waals surface area contributed by atoms with Crippen molar-refractivity contribution in [2.24, 2.45) is 5.92 Å². The van der Waals surface area contributed by atoms with Gasteiger partial charge >= 0.3 is 0 Å². The maximum atomic E-state index is 12.8. The fourth-order valence-corrected chi connectivity index (χ4v) is 3.96. The van der Waals surface area contributed by atoms with E-state index in [1.54, 1.807) is 0 Å². The van der Waals surface area contributed by atoms with Crippen LogP contribution in [0.1, 0.15) is 48.5 Å². The average molecular weight is 312 g/mol. The lowest BCUT2D eigenvalue weighted by molar-refractivity contribution is -0.116. The molecule has 2 atom stereocenters. The summed E-state index contributed by atoms with van der Waals surface area (Å²) in [4.78, 5) is 26.1. The number of carbonyl (C=O) groups is 2. The van der Waals surface area contributed by atoms with Crippen LogP contribution in [0.15, 0.2) is 36.9 Å². The lowest BCUT2D eigenvalue weighted by atomic mass is 9.92. The number of piperidine rings is 1. The van der Waals surface area contributed by atoms with Gasteiger partial charge in [-0.1, -0.05) is 25.6 Å². The van der Waals surface area contributed by atoms with E-state index in [1.807, 2.05) is 24.3 Å². The highest BCUT2D eigenvalue weighted by Crippen LogP contribution is 2.39. The van der Waals surface area contributed by atoms with Crippen molar-refractivity contribution in [3.63, 3.8) is 0 Å². The van der Waals surface area contributed by atoms with E-state index < -0.39 is 0 Å². The van der Waals surface area contributed by atoms with Crippen molar-refractivity contribution in [3.8, 4) is 0 Å². The minimum absolute atomic E-state index is 0.158. The van der Waals surface area contributed by atoms with Gasteiger partial charge in [-0.05, 0) is 55.4 Å². The van der Waals surface area contributed by atoms with Gasteiger partial charge in [0.2, 0.25) is 5.91 Å². The van der Waals surface area contributed by atoms with Gasteiger partial charge in [-0.2, -0.15) is 0 Å². The van der Waals surface area contributed by atoms with Gasteiger partial charge in [0, 0.05) is 24.2 Å². The van der Waals surface area contributed by atoms with Gasteiger partial charge in [-0.25, -0.2) is 0 Å². The van der Waals surface area contributed by atoms with Gasteiger partial charge in [0.05, 0.1) is 0 Å². The van der Waals surface area contributed by atoms with Crippen molar-refractivity contribution in [3.05, 3.63) is 48.0 Å². The first-order valence-electron chi connectivity index (χ1n) is 8.40. The summed E-state index contributed by atoms with van der Waals surface area (Å²) in [7, 11) is 0. The van der Waals surface area contributed by atoms with Crippen LogP contribution in [0.2, 0.25) is 0 Å². The molecule has 0 radical (unpaired) electrons. The molecule has 2 aliphatic heterocycles. The van der Waals surface area contributed by atoms with Crippen LogP contribution in [-0.2, 0) is 11.3 Å². The fourth-order valence-electron chi connectivity index (χ4n) is 3.96. The van der Waals surface area contributed by atoms with Crippen LogP contribution in [-0.4, -0.2) is 28.8 Å². The molecule has 4 heteroatoms. The topological polar surface area (TPSA) is 49.4 Å². The highest BCUT2D eigenvalue weighted by molar-refractivity contribution is 5.95. The predicted molar refractivity (Wildman–Crippen MR) is 89.9 cm³/mol. The summed E-state index contributed by atoms with van der Waals surface area (Å²) in [5.74, 6) is 0.697. The Kier molecular flexibility index (Phi) is 4.51. The molecule has 2 amide bonds. The Morgan fingerprint density at radius 1 is 1.22 bits per heavy atom. The van der Waals surface area contributed by atoms with E-state index in [1.165, 1.54) is 6.08 Å². The highest BCUT2D eigenvalue weighted by Gasteiger charge is 2.42. The van der Waals surface area contributed by atoms with Crippen molar-refractivity contribution in [2.75, 3.05) is 0 Å². The largest absolute Gasteiger partial charge is 0.348 e. The van der Waals surface area contributed by atoms with Gasteiger partial charge in [-0.15, -0.1) is 0 Å². The van der Waals surface area contributed by atoms with Crippen molar-refractivity contribution < 1.29 is 9.59 Å². The molecular formula is C19H24N2O2. The van der Waals surface area contributed by atoms with E-state index in [2.05, 4.69) is 23.7 Å². The van der Waals surface area contributed by atoms with E-state index in [4.69, 9.17) is 0 Å². The van der Waals surface area contributed by atoms with Gasteiger partial charge in [0.25, 0.3) is 5.91 Å². The van der Waals surface area contributed by atoms with Gasteiger partial charge < -0.3 is 10.2 Å².